The van der Waals surface area contributed by atoms with E-state index in [0.717, 1.165) is 25.2 Å². The molecular formula is C17H23N3O2S. The molecule has 0 aromatic heterocycles. The Balaban J connectivity index is 1.82. The summed E-state index contributed by atoms with van der Waals surface area (Å²) in [6.45, 7) is 7.56. The van der Waals surface area contributed by atoms with Gasteiger partial charge in [0, 0.05) is 12.1 Å². The average molecular weight is 333 g/mol. The smallest absolute Gasteiger partial charge is 0.264 e. The molecule has 0 bridgehead atoms. The minimum Gasteiger partial charge on any atom is -0.301 e. The summed E-state index contributed by atoms with van der Waals surface area (Å²) in [5.74, 6) is 0.486. The van der Waals surface area contributed by atoms with Crippen molar-refractivity contribution in [2.75, 3.05) is 26.2 Å². The molecule has 1 fully saturated rings. The number of nitrogens with one attached hydrogen (secondary N) is 1. The van der Waals surface area contributed by atoms with Gasteiger partial charge in [0.25, 0.3) is 10.0 Å². The van der Waals surface area contributed by atoms with E-state index < -0.39 is 10.0 Å². The fraction of sp³-hybridized carbons (Fsp3) is 0.471. The average Bonchev–Trinajstić information content (AvgIpc) is 3.08. The number of hydrogen-bond donors (Lipinski definition) is 1. The second-order valence-electron chi connectivity index (χ2n) is 6.20. The predicted octanol–water partition coefficient (Wildman–Crippen LogP) is 2.15. The minimum absolute atomic E-state index is 0.345. The van der Waals surface area contributed by atoms with Crippen LogP contribution < -0.4 is 4.72 Å². The second-order valence-corrected chi connectivity index (χ2v) is 7.82. The molecule has 2 aliphatic heterocycles. The van der Waals surface area contributed by atoms with Gasteiger partial charge in [0.1, 0.15) is 10.7 Å². The lowest BCUT2D eigenvalue weighted by atomic mass is 10.1. The van der Waals surface area contributed by atoms with Gasteiger partial charge >= 0.3 is 0 Å². The maximum atomic E-state index is 12.4. The lowest BCUT2D eigenvalue weighted by Gasteiger charge is -2.12. The highest BCUT2D eigenvalue weighted by Gasteiger charge is 2.32. The van der Waals surface area contributed by atoms with Gasteiger partial charge in [-0.1, -0.05) is 29.8 Å². The van der Waals surface area contributed by atoms with Crippen molar-refractivity contribution in [2.24, 2.45) is 4.99 Å². The maximum absolute atomic E-state index is 12.4. The molecule has 1 aromatic rings. The number of amidine groups is 1. The topological polar surface area (TPSA) is 61.8 Å². The van der Waals surface area contributed by atoms with Gasteiger partial charge in [-0.15, -0.1) is 0 Å². The zero-order valence-electron chi connectivity index (χ0n) is 13.7. The molecule has 0 spiro atoms. The fourth-order valence-corrected chi connectivity index (χ4v) is 4.62. The number of benzene rings is 1. The first kappa shape index (κ1) is 16.2. The number of nitrogens with zero attached hydrogens (tertiary/aromatic N) is 2. The van der Waals surface area contributed by atoms with E-state index in [1.807, 2.05) is 38.1 Å². The summed E-state index contributed by atoms with van der Waals surface area (Å²) < 4.78 is 27.5. The van der Waals surface area contributed by atoms with Crippen molar-refractivity contribution in [3.05, 3.63) is 41.0 Å². The first-order valence-corrected chi connectivity index (χ1v) is 9.53. The normalized spacial score (nSPS) is 22.8. The number of likely N-dealkylation sites (tertiary alicyclic amines) is 1. The van der Waals surface area contributed by atoms with Crippen LogP contribution >= 0.6 is 0 Å². The SMILES string of the molecule is CC1=C(c2ccc(C)cc2)S(=O)(=O)NC1=NCCN1CCCC1. The Hall–Kier alpha value is -1.66. The van der Waals surface area contributed by atoms with E-state index in [1.54, 1.807) is 0 Å². The van der Waals surface area contributed by atoms with Gasteiger partial charge in [-0.2, -0.15) is 0 Å². The molecule has 3 rings (SSSR count). The van der Waals surface area contributed by atoms with Gasteiger partial charge in [-0.3, -0.25) is 9.71 Å². The molecule has 0 radical (unpaired) electrons. The molecule has 2 aliphatic rings. The molecule has 0 saturated carbocycles. The molecule has 0 unspecified atom stereocenters. The summed E-state index contributed by atoms with van der Waals surface area (Å²) in [6, 6.07) is 7.54. The Morgan fingerprint density at radius 3 is 2.43 bits per heavy atom. The third-order valence-electron chi connectivity index (χ3n) is 4.39. The summed E-state index contributed by atoms with van der Waals surface area (Å²) in [6.07, 6.45) is 2.50. The number of rotatable bonds is 4. The van der Waals surface area contributed by atoms with Crippen LogP contribution in [0.1, 0.15) is 30.9 Å². The first-order chi connectivity index (χ1) is 11.0. The molecule has 23 heavy (non-hydrogen) atoms. The van der Waals surface area contributed by atoms with E-state index in [-0.39, 0.29) is 0 Å². The Bertz CT molecular complexity index is 743. The monoisotopic (exact) mass is 333 g/mol. The lowest BCUT2D eigenvalue weighted by Crippen LogP contribution is -2.26. The van der Waals surface area contributed by atoms with Gasteiger partial charge < -0.3 is 4.90 Å². The minimum atomic E-state index is -3.52. The van der Waals surface area contributed by atoms with Crippen LogP contribution in [0.5, 0.6) is 0 Å². The van der Waals surface area contributed by atoms with Crippen LogP contribution in [0.4, 0.5) is 0 Å². The van der Waals surface area contributed by atoms with Crippen LogP contribution in [-0.2, 0) is 10.0 Å². The molecule has 2 heterocycles. The van der Waals surface area contributed by atoms with Crippen molar-refractivity contribution in [1.82, 2.24) is 9.62 Å². The largest absolute Gasteiger partial charge is 0.301 e. The van der Waals surface area contributed by atoms with Crippen molar-refractivity contribution >= 4 is 20.8 Å². The Morgan fingerprint density at radius 2 is 1.78 bits per heavy atom. The Morgan fingerprint density at radius 1 is 1.13 bits per heavy atom. The predicted molar refractivity (Wildman–Crippen MR) is 93.8 cm³/mol. The third-order valence-corrected chi connectivity index (χ3v) is 5.94. The van der Waals surface area contributed by atoms with Crippen molar-refractivity contribution in [3.8, 4) is 0 Å². The molecule has 1 N–H and O–H groups in total. The first-order valence-electron chi connectivity index (χ1n) is 8.05. The highest BCUT2D eigenvalue weighted by Crippen LogP contribution is 2.29. The number of sulfonamides is 1. The van der Waals surface area contributed by atoms with Gasteiger partial charge in [-0.25, -0.2) is 8.42 Å². The Labute approximate surface area is 138 Å². The van der Waals surface area contributed by atoms with Crippen molar-refractivity contribution in [2.45, 2.75) is 26.7 Å². The quantitative estimate of drug-likeness (QED) is 0.918. The van der Waals surface area contributed by atoms with Crippen molar-refractivity contribution in [1.29, 1.82) is 0 Å². The maximum Gasteiger partial charge on any atom is 0.264 e. The van der Waals surface area contributed by atoms with E-state index in [9.17, 15) is 8.42 Å². The summed E-state index contributed by atoms with van der Waals surface area (Å²) >= 11 is 0. The Kier molecular flexibility index (Phi) is 4.55. The second kappa shape index (κ2) is 6.45. The lowest BCUT2D eigenvalue weighted by molar-refractivity contribution is 0.349. The summed E-state index contributed by atoms with van der Waals surface area (Å²) in [7, 11) is -3.52. The number of aryl methyl sites for hydroxylation is 1. The molecule has 124 valence electrons. The van der Waals surface area contributed by atoms with E-state index >= 15 is 0 Å². The molecule has 1 aromatic carbocycles. The molecule has 0 aliphatic carbocycles. The molecule has 6 heteroatoms. The summed E-state index contributed by atoms with van der Waals surface area (Å²) in [4.78, 5) is 7.20. The summed E-state index contributed by atoms with van der Waals surface area (Å²) in [5.41, 5.74) is 2.52. The third kappa shape index (κ3) is 3.48. The van der Waals surface area contributed by atoms with Crippen molar-refractivity contribution in [3.63, 3.8) is 0 Å². The molecule has 0 amide bonds. The van der Waals surface area contributed by atoms with Gasteiger partial charge in [0.15, 0.2) is 0 Å². The standard InChI is InChI=1S/C17H23N3O2S/c1-13-5-7-15(8-6-13)16-14(2)17(19-23(16,21)22)18-9-12-20-10-3-4-11-20/h5-8H,3-4,9-12H2,1-2H3,(H,18,19). The highest BCUT2D eigenvalue weighted by atomic mass is 32.2. The number of aliphatic imine (C=N–C) groups is 1. The van der Waals surface area contributed by atoms with Crippen LogP contribution in [0, 0.1) is 6.92 Å². The van der Waals surface area contributed by atoms with E-state index in [2.05, 4.69) is 14.6 Å². The van der Waals surface area contributed by atoms with E-state index in [0.29, 0.717) is 28.4 Å². The van der Waals surface area contributed by atoms with Crippen LogP contribution in [-0.4, -0.2) is 45.3 Å². The van der Waals surface area contributed by atoms with Crippen molar-refractivity contribution < 1.29 is 8.42 Å². The molecule has 5 nitrogen and oxygen atoms in total. The van der Waals surface area contributed by atoms with E-state index in [4.69, 9.17) is 0 Å². The van der Waals surface area contributed by atoms with Crippen LogP contribution in [0.15, 0.2) is 34.8 Å². The van der Waals surface area contributed by atoms with Crippen LogP contribution in [0.25, 0.3) is 4.91 Å². The van der Waals surface area contributed by atoms with Gasteiger partial charge in [-0.05, 0) is 45.3 Å². The molecule has 1 saturated heterocycles. The zero-order chi connectivity index (χ0) is 16.4. The fourth-order valence-electron chi connectivity index (χ4n) is 3.10. The number of hydrogen-bond acceptors (Lipinski definition) is 4. The van der Waals surface area contributed by atoms with Gasteiger partial charge in [0.2, 0.25) is 0 Å². The van der Waals surface area contributed by atoms with Crippen LogP contribution in [0.2, 0.25) is 0 Å². The zero-order valence-corrected chi connectivity index (χ0v) is 14.5. The van der Waals surface area contributed by atoms with Gasteiger partial charge in [0.05, 0.1) is 6.54 Å². The molecular weight excluding hydrogens is 310 g/mol. The van der Waals surface area contributed by atoms with E-state index in [1.165, 1.54) is 12.8 Å². The summed E-state index contributed by atoms with van der Waals surface area (Å²) in [5, 5.41) is 0. The van der Waals surface area contributed by atoms with Crippen LogP contribution in [0.3, 0.4) is 0 Å². The highest BCUT2D eigenvalue weighted by molar-refractivity contribution is 8.00. The molecule has 0 atom stereocenters.